The number of hydrogen-bond acceptors (Lipinski definition) is 6. The third-order valence-corrected chi connectivity index (χ3v) is 15.0. The van der Waals surface area contributed by atoms with E-state index in [4.69, 9.17) is 23.8 Å². The molecule has 310 valence electrons. The first-order valence-electron chi connectivity index (χ1n) is 22.3. The summed E-state index contributed by atoms with van der Waals surface area (Å²) in [5.41, 5.74) is 15.6. The summed E-state index contributed by atoms with van der Waals surface area (Å²) in [4.78, 5) is 16.5. The van der Waals surface area contributed by atoms with Gasteiger partial charge in [-0.15, -0.1) is 11.3 Å². The van der Waals surface area contributed by atoms with E-state index in [9.17, 15) is 0 Å². The fourth-order valence-corrected chi connectivity index (χ4v) is 12.0. The molecule has 0 bridgehead atoms. The minimum absolute atomic E-state index is 0.136. The van der Waals surface area contributed by atoms with Gasteiger partial charge in [0.05, 0.1) is 0 Å². The molecule has 6 heteroatoms. The molecule has 1 aliphatic carbocycles. The summed E-state index contributed by atoms with van der Waals surface area (Å²) < 4.78 is 15.4. The van der Waals surface area contributed by atoms with E-state index >= 15 is 0 Å². The van der Waals surface area contributed by atoms with Gasteiger partial charge in [-0.2, -0.15) is 0 Å². The van der Waals surface area contributed by atoms with Gasteiger partial charge in [0, 0.05) is 63.8 Å². The minimum Gasteiger partial charge on any atom is -0.456 e. The van der Waals surface area contributed by atoms with Crippen LogP contribution in [0.5, 0.6) is 0 Å². The van der Waals surface area contributed by atoms with Crippen molar-refractivity contribution in [2.45, 2.75) is 19.3 Å². The molecule has 0 amide bonds. The second-order valence-electron chi connectivity index (χ2n) is 17.8. The molecule has 4 heterocycles. The van der Waals surface area contributed by atoms with Crippen molar-refractivity contribution in [3.63, 3.8) is 0 Å². The average molecular weight is 864 g/mol. The van der Waals surface area contributed by atoms with E-state index in [-0.39, 0.29) is 5.41 Å². The quantitative estimate of drug-likeness (QED) is 0.172. The lowest BCUT2D eigenvalue weighted by molar-refractivity contribution is 0.662. The van der Waals surface area contributed by atoms with E-state index in [0.717, 1.165) is 76.4 Å². The average Bonchev–Trinajstić information content (AvgIpc) is 4.12. The van der Waals surface area contributed by atoms with E-state index in [1.165, 1.54) is 48.9 Å². The highest BCUT2D eigenvalue weighted by atomic mass is 32.1. The predicted molar refractivity (Wildman–Crippen MR) is 272 cm³/mol. The normalized spacial score (nSPS) is 13.1. The molecule has 9 aromatic carbocycles. The lowest BCUT2D eigenvalue weighted by Gasteiger charge is -2.24. The summed E-state index contributed by atoms with van der Waals surface area (Å²) in [5, 5.41) is 6.34. The van der Waals surface area contributed by atoms with Gasteiger partial charge in [-0.25, -0.2) is 15.0 Å². The number of fused-ring (bicyclic) bond motifs is 12. The second kappa shape index (κ2) is 13.9. The predicted octanol–water partition coefficient (Wildman–Crippen LogP) is 16.7. The van der Waals surface area contributed by atoms with Crippen molar-refractivity contribution in [1.29, 1.82) is 0 Å². The van der Waals surface area contributed by atoms with E-state index in [0.29, 0.717) is 17.5 Å². The van der Waals surface area contributed by atoms with Gasteiger partial charge in [-0.3, -0.25) is 0 Å². The molecule has 0 fully saturated rings. The maximum Gasteiger partial charge on any atom is 0.165 e. The van der Waals surface area contributed by atoms with Gasteiger partial charge < -0.3 is 8.83 Å². The Labute approximate surface area is 383 Å². The number of rotatable bonds is 5. The van der Waals surface area contributed by atoms with Crippen molar-refractivity contribution < 1.29 is 8.83 Å². The molecule has 1 aliphatic rings. The third-order valence-electron chi connectivity index (χ3n) is 13.8. The largest absolute Gasteiger partial charge is 0.456 e. The summed E-state index contributed by atoms with van der Waals surface area (Å²) in [6.07, 6.45) is 0. The summed E-state index contributed by atoms with van der Waals surface area (Å²) in [7, 11) is 0. The minimum atomic E-state index is -0.136. The molecule has 13 aromatic rings. The number of nitrogens with zero attached hydrogens (tertiary/aromatic N) is 3. The number of hydrogen-bond donors (Lipinski definition) is 0. The van der Waals surface area contributed by atoms with Crippen molar-refractivity contribution in [3.05, 3.63) is 199 Å². The highest BCUT2D eigenvalue weighted by Crippen LogP contribution is 2.52. The summed E-state index contributed by atoms with van der Waals surface area (Å²) in [6.45, 7) is 4.69. The summed E-state index contributed by atoms with van der Waals surface area (Å²) in [5.74, 6) is 1.73. The molecule has 66 heavy (non-hydrogen) atoms. The molecule has 14 rings (SSSR count). The smallest absolute Gasteiger partial charge is 0.165 e. The van der Waals surface area contributed by atoms with Crippen molar-refractivity contribution in [2.24, 2.45) is 0 Å². The SMILES string of the molecule is CC1(C)c2ccccc2-c2cccc(-c3ccc(-c4ccc5oc6ccccc6c5c4-c4nc(-c5cccc6c5sc5ccccc56)nc(-c5cccc6oc7ccccc7c56)n4)cc3)c21. The van der Waals surface area contributed by atoms with Gasteiger partial charge in [0.15, 0.2) is 17.5 Å². The summed E-state index contributed by atoms with van der Waals surface area (Å²) >= 11 is 1.77. The molecule has 4 aromatic heterocycles. The van der Waals surface area contributed by atoms with Crippen molar-refractivity contribution in [3.8, 4) is 67.5 Å². The van der Waals surface area contributed by atoms with Gasteiger partial charge in [0.2, 0.25) is 0 Å². The van der Waals surface area contributed by atoms with Crippen LogP contribution in [0.4, 0.5) is 0 Å². The van der Waals surface area contributed by atoms with Crippen LogP contribution in [0, 0.1) is 0 Å². The van der Waals surface area contributed by atoms with Gasteiger partial charge in [-0.1, -0.05) is 159 Å². The topological polar surface area (TPSA) is 65.0 Å². The Kier molecular flexibility index (Phi) is 7.84. The van der Waals surface area contributed by atoms with Crippen LogP contribution < -0.4 is 0 Å². The number of benzene rings is 9. The molecule has 0 radical (unpaired) electrons. The molecule has 5 nitrogen and oxygen atoms in total. The number of aromatic nitrogens is 3. The summed E-state index contributed by atoms with van der Waals surface area (Å²) in [6, 6.07) is 66.4. The molecular weight excluding hydrogens is 827 g/mol. The molecule has 0 saturated carbocycles. The van der Waals surface area contributed by atoms with Crippen LogP contribution >= 0.6 is 11.3 Å². The second-order valence-corrected chi connectivity index (χ2v) is 18.9. The van der Waals surface area contributed by atoms with Crippen LogP contribution in [0.15, 0.2) is 197 Å². The van der Waals surface area contributed by atoms with Crippen molar-refractivity contribution >= 4 is 75.4 Å². The molecule has 0 N–H and O–H groups in total. The lowest BCUT2D eigenvalue weighted by atomic mass is 9.79. The fourth-order valence-electron chi connectivity index (χ4n) is 10.8. The standard InChI is InChI=1S/C60H37N3O2S/c1-60(2)46-23-7-3-14-38(46)40-19-11-18-37(55(40)60)35-30-28-34(29-31-35)36-32-33-50-53(43-17-5-9-25-48(43)65-50)54(36)59-62-57(44-21-13-26-49-52(44)42-16-4-8-24-47(42)64-49)61-58(63-59)45-22-12-20-41-39-15-6-10-27-51(39)66-56(41)45/h3-33H,1-2H3. The van der Waals surface area contributed by atoms with Crippen LogP contribution in [-0.2, 0) is 5.41 Å². The fraction of sp³-hybridized carbons (Fsp3) is 0.0500. The first-order valence-corrected chi connectivity index (χ1v) is 23.2. The van der Waals surface area contributed by atoms with Crippen molar-refractivity contribution in [1.82, 2.24) is 15.0 Å². The van der Waals surface area contributed by atoms with E-state index in [1.807, 2.05) is 42.5 Å². The van der Waals surface area contributed by atoms with E-state index in [2.05, 4.69) is 159 Å². The maximum absolute atomic E-state index is 6.61. The van der Waals surface area contributed by atoms with Crippen LogP contribution in [0.3, 0.4) is 0 Å². The molecule has 0 spiro atoms. The molecule has 0 aliphatic heterocycles. The number of para-hydroxylation sites is 2. The zero-order valence-electron chi connectivity index (χ0n) is 36.0. The Bertz CT molecular complexity index is 4150. The van der Waals surface area contributed by atoms with Crippen LogP contribution in [0.25, 0.3) is 132 Å². The molecule has 0 saturated heterocycles. The molecule has 0 unspecified atom stereocenters. The molecule has 0 atom stereocenters. The van der Waals surface area contributed by atoms with E-state index in [1.54, 1.807) is 11.3 Å². The third kappa shape index (κ3) is 5.36. The first kappa shape index (κ1) is 37.2. The highest BCUT2D eigenvalue weighted by Gasteiger charge is 2.37. The Morgan fingerprint density at radius 1 is 0.379 bits per heavy atom. The molecular formula is C60H37N3O2S. The Balaban J connectivity index is 1.03. The Morgan fingerprint density at radius 3 is 1.71 bits per heavy atom. The van der Waals surface area contributed by atoms with Gasteiger partial charge in [-0.05, 0) is 87.0 Å². The van der Waals surface area contributed by atoms with Gasteiger partial charge in [0.1, 0.15) is 22.3 Å². The van der Waals surface area contributed by atoms with Crippen LogP contribution in [0.2, 0.25) is 0 Å². The number of furan rings is 2. The maximum atomic E-state index is 6.61. The monoisotopic (exact) mass is 863 g/mol. The van der Waals surface area contributed by atoms with Gasteiger partial charge >= 0.3 is 0 Å². The van der Waals surface area contributed by atoms with Crippen molar-refractivity contribution in [2.75, 3.05) is 0 Å². The van der Waals surface area contributed by atoms with Crippen LogP contribution in [-0.4, -0.2) is 15.0 Å². The Hall–Kier alpha value is -8.19. The first-order chi connectivity index (χ1) is 32.5. The van der Waals surface area contributed by atoms with Gasteiger partial charge in [0.25, 0.3) is 0 Å². The lowest BCUT2D eigenvalue weighted by Crippen LogP contribution is -2.16. The highest BCUT2D eigenvalue weighted by molar-refractivity contribution is 7.26. The number of thiophene rings is 1. The zero-order valence-corrected chi connectivity index (χ0v) is 36.8. The zero-order chi connectivity index (χ0) is 43.7. The van der Waals surface area contributed by atoms with Crippen LogP contribution in [0.1, 0.15) is 25.0 Å². The Morgan fingerprint density at radius 2 is 0.909 bits per heavy atom. The van der Waals surface area contributed by atoms with E-state index < -0.39 is 0 Å².